The predicted octanol–water partition coefficient (Wildman–Crippen LogP) is 2.48. The van der Waals surface area contributed by atoms with Gasteiger partial charge in [0.25, 0.3) is 0 Å². The summed E-state index contributed by atoms with van der Waals surface area (Å²) in [5.74, 6) is 1.41. The van der Waals surface area contributed by atoms with Crippen LogP contribution in [0.2, 0.25) is 0 Å². The summed E-state index contributed by atoms with van der Waals surface area (Å²) in [4.78, 5) is 11.9. The summed E-state index contributed by atoms with van der Waals surface area (Å²) in [6.45, 7) is 0. The van der Waals surface area contributed by atoms with E-state index in [1.165, 1.54) is 0 Å². The summed E-state index contributed by atoms with van der Waals surface area (Å²) in [5, 5.41) is 0. The van der Waals surface area contributed by atoms with Gasteiger partial charge in [0.05, 0.1) is 12.8 Å². The highest BCUT2D eigenvalue weighted by Crippen LogP contribution is 2.28. The zero-order chi connectivity index (χ0) is 15.4. The zero-order valence-electron chi connectivity index (χ0n) is 12.3. The molecule has 2 atom stereocenters. The quantitative estimate of drug-likeness (QED) is 0.850. The maximum absolute atomic E-state index is 6.05. The van der Waals surface area contributed by atoms with Crippen molar-refractivity contribution in [1.82, 2.24) is 4.98 Å². The molecule has 0 radical (unpaired) electrons. The standard InChI is InChI=1S/C17H18N4O/c1-22-14-6-4-12(5-7-14)15-8-10-20-17(18)16(15)21-11-13-3-2-9-19-13/h2-11,15-16,19H,1H3,(H2,18,20). The highest BCUT2D eigenvalue weighted by atomic mass is 16.5. The third-order valence-electron chi connectivity index (χ3n) is 3.66. The fraction of sp³-hybridized carbons (Fsp3) is 0.176. The van der Waals surface area contributed by atoms with E-state index < -0.39 is 0 Å². The van der Waals surface area contributed by atoms with Crippen LogP contribution in [0.25, 0.3) is 0 Å². The van der Waals surface area contributed by atoms with Crippen LogP contribution in [0.15, 0.2) is 64.9 Å². The molecule has 3 N–H and O–H groups in total. The molecule has 2 aromatic rings. The number of methoxy groups -OCH3 is 1. The molecule has 1 aliphatic rings. The molecular weight excluding hydrogens is 276 g/mol. The summed E-state index contributed by atoms with van der Waals surface area (Å²) in [5.41, 5.74) is 8.12. The van der Waals surface area contributed by atoms with Gasteiger partial charge in [0, 0.05) is 24.5 Å². The minimum absolute atomic E-state index is 0.0645. The Bertz CT molecular complexity index is 699. The highest BCUT2D eigenvalue weighted by Gasteiger charge is 2.25. The molecule has 5 heteroatoms. The second-order valence-electron chi connectivity index (χ2n) is 5.04. The Morgan fingerprint density at radius 2 is 2.09 bits per heavy atom. The molecule has 1 aliphatic heterocycles. The average molecular weight is 294 g/mol. The van der Waals surface area contributed by atoms with Crippen molar-refractivity contribution in [3.05, 3.63) is 66.1 Å². The van der Waals surface area contributed by atoms with Crippen molar-refractivity contribution in [2.75, 3.05) is 7.11 Å². The number of nitrogens with zero attached hydrogens (tertiary/aromatic N) is 2. The molecule has 3 rings (SSSR count). The van der Waals surface area contributed by atoms with E-state index in [1.54, 1.807) is 19.5 Å². The lowest BCUT2D eigenvalue weighted by atomic mass is 9.89. The first-order valence-electron chi connectivity index (χ1n) is 7.08. The van der Waals surface area contributed by atoms with E-state index in [0.717, 1.165) is 17.0 Å². The third kappa shape index (κ3) is 2.93. The lowest BCUT2D eigenvalue weighted by Gasteiger charge is -2.23. The van der Waals surface area contributed by atoms with Crippen molar-refractivity contribution in [1.29, 1.82) is 0 Å². The Hall–Kier alpha value is -2.82. The van der Waals surface area contributed by atoms with Crippen LogP contribution in [0.5, 0.6) is 5.75 Å². The molecule has 2 heterocycles. The van der Waals surface area contributed by atoms with E-state index in [2.05, 4.69) is 15.0 Å². The molecule has 0 bridgehead atoms. The van der Waals surface area contributed by atoms with Crippen LogP contribution in [0.1, 0.15) is 17.2 Å². The maximum atomic E-state index is 6.05. The van der Waals surface area contributed by atoms with Crippen molar-refractivity contribution >= 4 is 12.1 Å². The summed E-state index contributed by atoms with van der Waals surface area (Å²) in [7, 11) is 1.66. The molecule has 0 saturated heterocycles. The largest absolute Gasteiger partial charge is 0.497 e. The second kappa shape index (κ2) is 6.30. The Morgan fingerprint density at radius 3 is 2.77 bits per heavy atom. The van der Waals surface area contributed by atoms with Crippen LogP contribution in [0, 0.1) is 0 Å². The van der Waals surface area contributed by atoms with Gasteiger partial charge in [0.1, 0.15) is 17.6 Å². The lowest BCUT2D eigenvalue weighted by Crippen LogP contribution is -2.34. The van der Waals surface area contributed by atoms with Crippen LogP contribution >= 0.6 is 0 Å². The first-order chi connectivity index (χ1) is 10.8. The van der Waals surface area contributed by atoms with Gasteiger partial charge in [-0.2, -0.15) is 0 Å². The first-order valence-corrected chi connectivity index (χ1v) is 7.08. The first kappa shape index (κ1) is 14.1. The molecule has 5 nitrogen and oxygen atoms in total. The topological polar surface area (TPSA) is 75.8 Å². The summed E-state index contributed by atoms with van der Waals surface area (Å²) >= 11 is 0. The minimum atomic E-state index is -0.207. The Morgan fingerprint density at radius 1 is 1.27 bits per heavy atom. The fourth-order valence-corrected chi connectivity index (χ4v) is 2.46. The minimum Gasteiger partial charge on any atom is -0.497 e. The Kier molecular flexibility index (Phi) is 4.05. The van der Waals surface area contributed by atoms with E-state index in [0.29, 0.717) is 5.84 Å². The number of aromatic amines is 1. The van der Waals surface area contributed by atoms with Gasteiger partial charge in [-0.25, -0.2) is 4.99 Å². The highest BCUT2D eigenvalue weighted by molar-refractivity contribution is 5.91. The van der Waals surface area contributed by atoms with Gasteiger partial charge >= 0.3 is 0 Å². The smallest absolute Gasteiger partial charge is 0.125 e. The normalized spacial score (nSPS) is 21.0. The van der Waals surface area contributed by atoms with Crippen molar-refractivity contribution in [2.45, 2.75) is 12.0 Å². The maximum Gasteiger partial charge on any atom is 0.125 e. The third-order valence-corrected chi connectivity index (χ3v) is 3.66. The van der Waals surface area contributed by atoms with E-state index >= 15 is 0 Å². The predicted molar refractivity (Wildman–Crippen MR) is 88.7 cm³/mol. The van der Waals surface area contributed by atoms with Crippen LogP contribution < -0.4 is 10.5 Å². The number of hydrogen-bond acceptors (Lipinski definition) is 4. The fourth-order valence-electron chi connectivity index (χ4n) is 2.46. The number of nitrogens with two attached hydrogens (primary N) is 1. The van der Waals surface area contributed by atoms with Gasteiger partial charge in [0.15, 0.2) is 0 Å². The number of rotatable bonds is 4. The molecule has 0 fully saturated rings. The van der Waals surface area contributed by atoms with E-state index in [9.17, 15) is 0 Å². The molecule has 2 unspecified atom stereocenters. The van der Waals surface area contributed by atoms with Crippen LogP contribution in [0.3, 0.4) is 0 Å². The van der Waals surface area contributed by atoms with Crippen LogP contribution in [-0.4, -0.2) is 30.2 Å². The number of ether oxygens (including phenoxy) is 1. The average Bonchev–Trinajstić information content (AvgIpc) is 3.07. The SMILES string of the molecule is COc1ccc(C2C=CN=C(N)C2N=Cc2ccc[nH]2)cc1. The molecule has 0 aliphatic carbocycles. The van der Waals surface area contributed by atoms with Gasteiger partial charge in [0.2, 0.25) is 0 Å². The van der Waals surface area contributed by atoms with Crippen molar-refractivity contribution in [3.63, 3.8) is 0 Å². The van der Waals surface area contributed by atoms with Gasteiger partial charge in [-0.15, -0.1) is 0 Å². The second-order valence-corrected chi connectivity index (χ2v) is 5.04. The number of amidine groups is 1. The number of aliphatic imine (C=N–C) groups is 2. The van der Waals surface area contributed by atoms with E-state index in [-0.39, 0.29) is 12.0 Å². The summed E-state index contributed by atoms with van der Waals surface area (Å²) in [6.07, 6.45) is 7.42. The number of aromatic nitrogens is 1. The number of benzene rings is 1. The summed E-state index contributed by atoms with van der Waals surface area (Å²) in [6, 6.07) is 11.6. The van der Waals surface area contributed by atoms with Crippen molar-refractivity contribution < 1.29 is 4.74 Å². The van der Waals surface area contributed by atoms with Crippen LogP contribution in [0.4, 0.5) is 0 Å². The Balaban J connectivity index is 1.87. The molecule has 112 valence electrons. The molecular formula is C17H18N4O. The molecule has 0 spiro atoms. The zero-order valence-corrected chi connectivity index (χ0v) is 12.3. The van der Waals surface area contributed by atoms with Crippen molar-refractivity contribution in [2.24, 2.45) is 15.7 Å². The van der Waals surface area contributed by atoms with E-state index in [1.807, 2.05) is 48.7 Å². The van der Waals surface area contributed by atoms with Gasteiger partial charge < -0.3 is 15.5 Å². The lowest BCUT2D eigenvalue weighted by molar-refractivity contribution is 0.414. The van der Waals surface area contributed by atoms with Gasteiger partial charge in [-0.3, -0.25) is 4.99 Å². The molecule has 0 amide bonds. The van der Waals surface area contributed by atoms with Gasteiger partial charge in [-0.05, 0) is 29.8 Å². The number of nitrogens with one attached hydrogen (secondary N) is 1. The number of H-pyrrole nitrogens is 1. The summed E-state index contributed by atoms with van der Waals surface area (Å²) < 4.78 is 5.20. The molecule has 1 aromatic carbocycles. The molecule has 22 heavy (non-hydrogen) atoms. The Labute approximate surface area is 129 Å². The van der Waals surface area contributed by atoms with Gasteiger partial charge in [-0.1, -0.05) is 18.2 Å². The van der Waals surface area contributed by atoms with Crippen molar-refractivity contribution in [3.8, 4) is 5.75 Å². The monoisotopic (exact) mass is 294 g/mol. The van der Waals surface area contributed by atoms with Crippen LogP contribution in [-0.2, 0) is 0 Å². The molecule has 1 aromatic heterocycles. The van der Waals surface area contributed by atoms with E-state index in [4.69, 9.17) is 10.5 Å². The molecule has 0 saturated carbocycles. The number of hydrogen-bond donors (Lipinski definition) is 2.